The number of aliphatic imine (C=N–C) groups is 1. The van der Waals surface area contributed by atoms with Crippen molar-refractivity contribution in [3.8, 4) is 0 Å². The average molecular weight is 298 g/mol. The van der Waals surface area contributed by atoms with Crippen LogP contribution in [0.4, 0.5) is 0 Å². The molecule has 1 heterocycles. The second kappa shape index (κ2) is 6.15. The molecule has 2 aliphatic rings. The SMILES string of the molecule is O=C(OC=CCBr)C1CCC2CCC=CC2=N1. The minimum Gasteiger partial charge on any atom is -0.433 e. The predicted molar refractivity (Wildman–Crippen MR) is 71.3 cm³/mol. The Bertz CT molecular complexity index is 374. The number of esters is 1. The molecule has 0 bridgehead atoms. The van der Waals surface area contributed by atoms with E-state index in [0.717, 1.165) is 25.0 Å². The molecule has 0 amide bonds. The van der Waals surface area contributed by atoms with E-state index in [4.69, 9.17) is 4.74 Å². The Kier molecular flexibility index (Phi) is 4.54. The smallest absolute Gasteiger partial charge is 0.335 e. The standard InChI is InChI=1S/C13H16BrNO2/c14-8-3-9-17-13(16)12-7-6-10-4-1-2-5-11(10)15-12/h2-3,5,9-10,12H,1,4,6-8H2. The molecule has 0 saturated carbocycles. The van der Waals surface area contributed by atoms with Crippen LogP contribution in [0.15, 0.2) is 29.5 Å². The van der Waals surface area contributed by atoms with Gasteiger partial charge in [-0.1, -0.05) is 22.0 Å². The van der Waals surface area contributed by atoms with Crippen LogP contribution in [-0.2, 0) is 9.53 Å². The number of alkyl halides is 1. The highest BCUT2D eigenvalue weighted by atomic mass is 79.9. The Morgan fingerprint density at radius 3 is 3.24 bits per heavy atom. The molecule has 0 fully saturated rings. The topological polar surface area (TPSA) is 38.7 Å². The van der Waals surface area contributed by atoms with E-state index in [1.165, 1.54) is 12.7 Å². The maximum atomic E-state index is 11.7. The highest BCUT2D eigenvalue weighted by molar-refractivity contribution is 9.09. The molecular formula is C13H16BrNO2. The average Bonchev–Trinajstić information content (AvgIpc) is 2.38. The van der Waals surface area contributed by atoms with Crippen LogP contribution in [0.2, 0.25) is 0 Å². The summed E-state index contributed by atoms with van der Waals surface area (Å²) in [5.41, 5.74) is 1.08. The van der Waals surface area contributed by atoms with Crippen LogP contribution >= 0.6 is 15.9 Å². The van der Waals surface area contributed by atoms with Crippen LogP contribution in [-0.4, -0.2) is 23.1 Å². The molecule has 1 aliphatic carbocycles. The lowest BCUT2D eigenvalue weighted by Crippen LogP contribution is -2.30. The van der Waals surface area contributed by atoms with Crippen molar-refractivity contribution in [2.75, 3.05) is 5.33 Å². The lowest BCUT2D eigenvalue weighted by atomic mass is 9.84. The van der Waals surface area contributed by atoms with Gasteiger partial charge in [-0.25, -0.2) is 4.79 Å². The van der Waals surface area contributed by atoms with Crippen molar-refractivity contribution in [3.05, 3.63) is 24.5 Å². The molecule has 0 N–H and O–H groups in total. The molecule has 2 atom stereocenters. The number of hydrogen-bond acceptors (Lipinski definition) is 3. The second-order valence-electron chi connectivity index (χ2n) is 4.29. The van der Waals surface area contributed by atoms with Crippen molar-refractivity contribution in [1.29, 1.82) is 0 Å². The fraction of sp³-hybridized carbons (Fsp3) is 0.538. The minimum absolute atomic E-state index is 0.243. The first-order valence-corrected chi connectivity index (χ1v) is 7.09. The Hall–Kier alpha value is -0.900. The van der Waals surface area contributed by atoms with Crippen LogP contribution in [0.1, 0.15) is 25.7 Å². The number of allylic oxidation sites excluding steroid dienone is 3. The van der Waals surface area contributed by atoms with Gasteiger partial charge < -0.3 is 4.74 Å². The predicted octanol–water partition coefficient (Wildman–Crippen LogP) is 3.01. The maximum Gasteiger partial charge on any atom is 0.335 e. The lowest BCUT2D eigenvalue weighted by molar-refractivity contribution is -0.139. The normalized spacial score (nSPS) is 27.7. The molecule has 0 radical (unpaired) electrons. The number of nitrogens with zero attached hydrogens (tertiary/aromatic N) is 1. The van der Waals surface area contributed by atoms with E-state index in [1.807, 2.05) is 0 Å². The molecule has 4 heteroatoms. The summed E-state index contributed by atoms with van der Waals surface area (Å²) in [6.07, 6.45) is 11.5. The van der Waals surface area contributed by atoms with Gasteiger partial charge in [-0.05, 0) is 37.8 Å². The number of rotatable bonds is 3. The van der Waals surface area contributed by atoms with E-state index in [-0.39, 0.29) is 12.0 Å². The molecule has 0 saturated heterocycles. The largest absolute Gasteiger partial charge is 0.433 e. The second-order valence-corrected chi connectivity index (χ2v) is 4.93. The fourth-order valence-electron chi connectivity index (χ4n) is 2.23. The first kappa shape index (κ1) is 12.6. The van der Waals surface area contributed by atoms with Crippen molar-refractivity contribution in [2.45, 2.75) is 31.7 Å². The summed E-state index contributed by atoms with van der Waals surface area (Å²) < 4.78 is 5.02. The van der Waals surface area contributed by atoms with Gasteiger partial charge in [0.2, 0.25) is 0 Å². The third-order valence-corrected chi connectivity index (χ3v) is 3.50. The number of halogens is 1. The zero-order valence-electron chi connectivity index (χ0n) is 9.64. The van der Waals surface area contributed by atoms with Crippen LogP contribution in [0, 0.1) is 5.92 Å². The summed E-state index contributed by atoms with van der Waals surface area (Å²) >= 11 is 3.23. The molecule has 0 aromatic rings. The van der Waals surface area contributed by atoms with Crippen molar-refractivity contribution < 1.29 is 9.53 Å². The quantitative estimate of drug-likeness (QED) is 0.456. The molecule has 17 heavy (non-hydrogen) atoms. The van der Waals surface area contributed by atoms with Gasteiger partial charge in [0, 0.05) is 17.0 Å². The van der Waals surface area contributed by atoms with Gasteiger partial charge in [-0.15, -0.1) is 0 Å². The van der Waals surface area contributed by atoms with Crippen LogP contribution in [0.5, 0.6) is 0 Å². The number of carbonyl (C=O) groups is 1. The van der Waals surface area contributed by atoms with Crippen molar-refractivity contribution in [3.63, 3.8) is 0 Å². The monoisotopic (exact) mass is 297 g/mol. The van der Waals surface area contributed by atoms with Gasteiger partial charge in [0.05, 0.1) is 6.26 Å². The summed E-state index contributed by atoms with van der Waals surface area (Å²) in [7, 11) is 0. The van der Waals surface area contributed by atoms with E-state index >= 15 is 0 Å². The molecule has 0 aromatic heterocycles. The molecule has 0 spiro atoms. The first-order valence-electron chi connectivity index (χ1n) is 5.97. The number of carbonyl (C=O) groups excluding carboxylic acids is 1. The van der Waals surface area contributed by atoms with E-state index in [1.54, 1.807) is 6.08 Å². The fourth-order valence-corrected chi connectivity index (χ4v) is 2.38. The highest BCUT2D eigenvalue weighted by Crippen LogP contribution is 2.27. The van der Waals surface area contributed by atoms with E-state index in [9.17, 15) is 4.79 Å². The highest BCUT2D eigenvalue weighted by Gasteiger charge is 2.28. The molecular weight excluding hydrogens is 282 g/mol. The zero-order valence-corrected chi connectivity index (χ0v) is 11.2. The van der Waals surface area contributed by atoms with Gasteiger partial charge in [0.1, 0.15) is 6.04 Å². The number of fused-ring (bicyclic) bond motifs is 1. The minimum atomic E-state index is -0.316. The third kappa shape index (κ3) is 3.28. The van der Waals surface area contributed by atoms with Crippen LogP contribution < -0.4 is 0 Å². The van der Waals surface area contributed by atoms with Gasteiger partial charge in [-0.3, -0.25) is 4.99 Å². The van der Waals surface area contributed by atoms with E-state index in [0.29, 0.717) is 11.2 Å². The summed E-state index contributed by atoms with van der Waals surface area (Å²) in [5.74, 6) is 0.314. The number of ether oxygens (including phenoxy) is 1. The molecule has 2 unspecified atom stereocenters. The van der Waals surface area contributed by atoms with Crippen molar-refractivity contribution >= 4 is 27.6 Å². The van der Waals surface area contributed by atoms with Gasteiger partial charge in [0.25, 0.3) is 0 Å². The Morgan fingerprint density at radius 2 is 2.41 bits per heavy atom. The number of hydrogen-bond donors (Lipinski definition) is 0. The summed E-state index contributed by atoms with van der Waals surface area (Å²) in [6.45, 7) is 0. The summed E-state index contributed by atoms with van der Waals surface area (Å²) in [5, 5.41) is 0.685. The van der Waals surface area contributed by atoms with Gasteiger partial charge in [-0.2, -0.15) is 0 Å². The molecule has 0 aromatic carbocycles. The molecule has 3 nitrogen and oxygen atoms in total. The molecule has 92 valence electrons. The zero-order chi connectivity index (χ0) is 12.1. The van der Waals surface area contributed by atoms with Gasteiger partial charge in [0.15, 0.2) is 0 Å². The van der Waals surface area contributed by atoms with Crippen LogP contribution in [0.3, 0.4) is 0 Å². The van der Waals surface area contributed by atoms with Crippen LogP contribution in [0.25, 0.3) is 0 Å². The maximum absolute atomic E-state index is 11.7. The summed E-state index contributed by atoms with van der Waals surface area (Å²) in [4.78, 5) is 16.2. The Balaban J connectivity index is 1.98. The molecule has 2 rings (SSSR count). The lowest BCUT2D eigenvalue weighted by Gasteiger charge is -2.27. The van der Waals surface area contributed by atoms with E-state index in [2.05, 4.69) is 33.1 Å². The molecule has 1 aliphatic heterocycles. The third-order valence-electron chi connectivity index (χ3n) is 3.12. The van der Waals surface area contributed by atoms with Crippen molar-refractivity contribution in [2.24, 2.45) is 10.9 Å². The van der Waals surface area contributed by atoms with E-state index < -0.39 is 0 Å². The van der Waals surface area contributed by atoms with Gasteiger partial charge >= 0.3 is 5.97 Å². The first-order chi connectivity index (χ1) is 8.31. The Morgan fingerprint density at radius 1 is 1.53 bits per heavy atom. The summed E-state index contributed by atoms with van der Waals surface area (Å²) in [6, 6.07) is -0.316. The van der Waals surface area contributed by atoms with Crippen molar-refractivity contribution in [1.82, 2.24) is 0 Å². The Labute approximate surface area is 110 Å².